The molecule has 0 saturated carbocycles. The summed E-state index contributed by atoms with van der Waals surface area (Å²) >= 11 is 0. The first-order valence-corrected chi connectivity index (χ1v) is 12.2. The van der Waals surface area contributed by atoms with Crippen molar-refractivity contribution in [3.8, 4) is 22.6 Å². The van der Waals surface area contributed by atoms with E-state index in [2.05, 4.69) is 25.8 Å². The van der Waals surface area contributed by atoms with Crippen molar-refractivity contribution in [1.29, 1.82) is 0 Å². The van der Waals surface area contributed by atoms with Crippen molar-refractivity contribution in [3.05, 3.63) is 94.5 Å². The summed E-state index contributed by atoms with van der Waals surface area (Å²) in [5.74, 6) is -1.42. The number of ether oxygens (including phenoxy) is 1. The van der Waals surface area contributed by atoms with Crippen molar-refractivity contribution in [2.45, 2.75) is 13.0 Å². The van der Waals surface area contributed by atoms with Gasteiger partial charge in [0.15, 0.2) is 23.0 Å². The van der Waals surface area contributed by atoms with E-state index >= 15 is 4.39 Å². The Balaban J connectivity index is 1.38. The van der Waals surface area contributed by atoms with Crippen LogP contribution in [0, 0.1) is 11.6 Å². The topological polar surface area (TPSA) is 134 Å². The number of hydrogen-bond acceptors (Lipinski definition) is 7. The van der Waals surface area contributed by atoms with E-state index in [-0.39, 0.29) is 41.0 Å². The maximum absolute atomic E-state index is 15.1. The second kappa shape index (κ2) is 10.9. The van der Waals surface area contributed by atoms with Crippen LogP contribution in [0.2, 0.25) is 0 Å². The number of aromatic amines is 1. The number of nitrogens with zero attached hydrogens (tertiary/aromatic N) is 3. The van der Waals surface area contributed by atoms with E-state index in [1.807, 2.05) is 0 Å². The first-order chi connectivity index (χ1) is 19.2. The Labute approximate surface area is 226 Å². The Morgan fingerprint density at radius 3 is 2.62 bits per heavy atom. The van der Waals surface area contributed by atoms with E-state index in [9.17, 15) is 19.1 Å². The molecule has 0 unspecified atom stereocenters. The minimum Gasteiger partial charge on any atom is -0.453 e. The number of benzene rings is 2. The summed E-state index contributed by atoms with van der Waals surface area (Å²) in [5, 5.41) is 22.3. The van der Waals surface area contributed by atoms with E-state index in [4.69, 9.17) is 4.74 Å². The van der Waals surface area contributed by atoms with E-state index in [1.54, 1.807) is 30.8 Å². The number of H-pyrrole nitrogens is 1. The van der Waals surface area contributed by atoms with E-state index in [1.165, 1.54) is 48.8 Å². The van der Waals surface area contributed by atoms with Gasteiger partial charge in [0.1, 0.15) is 22.5 Å². The molecule has 3 heterocycles. The van der Waals surface area contributed by atoms with Gasteiger partial charge in [-0.2, -0.15) is 5.10 Å². The highest BCUT2D eigenvalue weighted by Crippen LogP contribution is 2.34. The van der Waals surface area contributed by atoms with Gasteiger partial charge in [0.05, 0.1) is 6.61 Å². The summed E-state index contributed by atoms with van der Waals surface area (Å²) in [6.45, 7) is 1.63. The van der Waals surface area contributed by atoms with Crippen LogP contribution < -0.4 is 20.8 Å². The second-order valence-electron chi connectivity index (χ2n) is 9.12. The van der Waals surface area contributed by atoms with Crippen molar-refractivity contribution in [1.82, 2.24) is 19.7 Å². The molecule has 0 radical (unpaired) electrons. The van der Waals surface area contributed by atoms with Crippen LogP contribution in [0.25, 0.3) is 22.2 Å². The van der Waals surface area contributed by atoms with E-state index in [0.717, 1.165) is 6.07 Å². The number of nitrogens with one attached hydrogen (secondary N) is 3. The Hall–Kier alpha value is -5.10. The fraction of sp³-hybridized carbons (Fsp3) is 0.143. The number of aliphatic hydroxyl groups is 1. The lowest BCUT2D eigenvalue weighted by Crippen LogP contribution is -2.24. The van der Waals surface area contributed by atoms with E-state index in [0.29, 0.717) is 22.4 Å². The van der Waals surface area contributed by atoms with Gasteiger partial charge in [-0.15, -0.1) is 0 Å². The summed E-state index contributed by atoms with van der Waals surface area (Å²) in [4.78, 5) is 30.3. The highest BCUT2D eigenvalue weighted by atomic mass is 19.1. The molecular weight excluding hydrogens is 522 g/mol. The van der Waals surface area contributed by atoms with Gasteiger partial charge in [-0.05, 0) is 36.8 Å². The summed E-state index contributed by atoms with van der Waals surface area (Å²) in [7, 11) is 1.65. The van der Waals surface area contributed by atoms with Crippen molar-refractivity contribution in [2.24, 2.45) is 7.05 Å². The Morgan fingerprint density at radius 1 is 1.12 bits per heavy atom. The quantitative estimate of drug-likeness (QED) is 0.226. The lowest BCUT2D eigenvalue weighted by Gasteiger charge is -2.13. The van der Waals surface area contributed by atoms with Gasteiger partial charge in [0.2, 0.25) is 5.43 Å². The van der Waals surface area contributed by atoms with E-state index < -0.39 is 23.0 Å². The van der Waals surface area contributed by atoms with Gasteiger partial charge >= 0.3 is 0 Å². The summed E-state index contributed by atoms with van der Waals surface area (Å²) in [6, 6.07) is 10.5. The van der Waals surface area contributed by atoms with Crippen LogP contribution in [0.5, 0.6) is 11.5 Å². The van der Waals surface area contributed by atoms with Crippen molar-refractivity contribution in [2.75, 3.05) is 17.2 Å². The van der Waals surface area contributed by atoms with Gasteiger partial charge in [-0.3, -0.25) is 14.7 Å². The van der Waals surface area contributed by atoms with Crippen LogP contribution in [0.4, 0.5) is 20.3 Å². The van der Waals surface area contributed by atoms with Gasteiger partial charge in [0, 0.05) is 55.1 Å². The van der Waals surface area contributed by atoms with Gasteiger partial charge in [-0.25, -0.2) is 13.8 Å². The zero-order chi connectivity index (χ0) is 28.4. The standard InChI is InChI=1S/C28H24F2N6O4/c1-15(14-37)32-27-24-23(9-10-31-26(24)34-35-27)40-22-8-7-18(11-21(22)30)33-28(39)20-13-36(2)12-19(25(20)38)16-3-5-17(29)6-4-16/h3-13,15,37H,14H2,1-2H3,(H,33,39)(H2,31,32,34,35)/t15-/m0/s1. The molecule has 12 heteroatoms. The molecule has 0 aliphatic rings. The smallest absolute Gasteiger partial charge is 0.261 e. The zero-order valence-corrected chi connectivity index (χ0v) is 21.4. The van der Waals surface area contributed by atoms with Crippen LogP contribution in [0.15, 0.2) is 71.9 Å². The maximum Gasteiger partial charge on any atom is 0.261 e. The number of anilines is 2. The van der Waals surface area contributed by atoms with Gasteiger partial charge in [-0.1, -0.05) is 12.1 Å². The molecule has 0 aliphatic heterocycles. The van der Waals surface area contributed by atoms with Gasteiger partial charge in [0.25, 0.3) is 5.91 Å². The third-order valence-corrected chi connectivity index (χ3v) is 6.04. The molecule has 2 aromatic carbocycles. The van der Waals surface area contributed by atoms with Crippen molar-refractivity contribution < 1.29 is 23.4 Å². The number of pyridine rings is 2. The Kier molecular flexibility index (Phi) is 7.25. The highest BCUT2D eigenvalue weighted by Gasteiger charge is 2.19. The van der Waals surface area contributed by atoms with Crippen LogP contribution in [0.1, 0.15) is 17.3 Å². The average molecular weight is 547 g/mol. The first-order valence-electron chi connectivity index (χ1n) is 12.2. The molecule has 1 atom stereocenters. The predicted molar refractivity (Wildman–Crippen MR) is 146 cm³/mol. The lowest BCUT2D eigenvalue weighted by atomic mass is 10.0. The molecule has 0 spiro atoms. The second-order valence-corrected chi connectivity index (χ2v) is 9.12. The summed E-state index contributed by atoms with van der Waals surface area (Å²) < 4.78 is 35.8. The number of carbonyl (C=O) groups excluding carboxylic acids is 1. The van der Waals surface area contributed by atoms with Crippen LogP contribution in [0.3, 0.4) is 0 Å². The molecule has 1 amide bonds. The number of aromatic nitrogens is 4. The number of aliphatic hydroxyl groups excluding tert-OH is 1. The first kappa shape index (κ1) is 26.5. The average Bonchev–Trinajstić information content (AvgIpc) is 3.35. The summed E-state index contributed by atoms with van der Waals surface area (Å²) in [6.07, 6.45) is 4.38. The van der Waals surface area contributed by atoms with Crippen LogP contribution in [-0.2, 0) is 7.05 Å². The molecule has 10 nitrogen and oxygen atoms in total. The number of fused-ring (bicyclic) bond motifs is 1. The third-order valence-electron chi connectivity index (χ3n) is 6.04. The van der Waals surface area contributed by atoms with Crippen molar-refractivity contribution in [3.63, 3.8) is 0 Å². The Bertz CT molecular complexity index is 1770. The molecule has 0 saturated heterocycles. The fourth-order valence-corrected chi connectivity index (χ4v) is 4.07. The molecule has 0 fully saturated rings. The number of aryl methyl sites for hydroxylation is 1. The normalized spacial score (nSPS) is 11.8. The fourth-order valence-electron chi connectivity index (χ4n) is 4.07. The number of amides is 1. The highest BCUT2D eigenvalue weighted by molar-refractivity contribution is 6.04. The lowest BCUT2D eigenvalue weighted by molar-refractivity contribution is 0.102. The molecule has 0 aliphatic carbocycles. The molecule has 5 rings (SSSR count). The van der Waals surface area contributed by atoms with Crippen LogP contribution in [-0.4, -0.2) is 43.4 Å². The van der Waals surface area contributed by atoms with Crippen LogP contribution >= 0.6 is 0 Å². The molecule has 40 heavy (non-hydrogen) atoms. The minimum atomic E-state index is -0.766. The number of hydrogen-bond donors (Lipinski definition) is 4. The third kappa shape index (κ3) is 5.38. The number of halogens is 2. The maximum atomic E-state index is 15.1. The molecule has 0 bridgehead atoms. The zero-order valence-electron chi connectivity index (χ0n) is 21.4. The molecular formula is C28H24F2N6O4. The monoisotopic (exact) mass is 546 g/mol. The SMILES string of the molecule is C[C@@H](CO)Nc1n[nH]c2nccc(Oc3ccc(NC(=O)c4cn(C)cc(-c5ccc(F)cc5)c4=O)cc3F)c12. The Morgan fingerprint density at radius 2 is 1.90 bits per heavy atom. The largest absolute Gasteiger partial charge is 0.453 e. The molecule has 204 valence electrons. The molecule has 4 N–H and O–H groups in total. The molecule has 3 aromatic heterocycles. The predicted octanol–water partition coefficient (Wildman–Crippen LogP) is 4.44. The minimum absolute atomic E-state index is 0.103. The number of carbonyl (C=O) groups is 1. The number of rotatable bonds is 8. The van der Waals surface area contributed by atoms with Gasteiger partial charge < -0.3 is 25.0 Å². The summed E-state index contributed by atoms with van der Waals surface area (Å²) in [5.41, 5.74) is 0.461. The van der Waals surface area contributed by atoms with Crippen molar-refractivity contribution >= 4 is 28.4 Å². The molecule has 5 aromatic rings.